The fourth-order valence-electron chi connectivity index (χ4n) is 2.11. The van der Waals surface area contributed by atoms with Crippen LogP contribution in [-0.4, -0.2) is 26.7 Å². The van der Waals surface area contributed by atoms with Crippen LogP contribution >= 0.6 is 0 Å². The summed E-state index contributed by atoms with van der Waals surface area (Å²) in [7, 11) is 3.01. The van der Waals surface area contributed by atoms with Crippen molar-refractivity contribution in [3.63, 3.8) is 0 Å². The second-order valence-electron chi connectivity index (χ2n) is 4.89. The molecule has 128 valence electrons. The van der Waals surface area contributed by atoms with E-state index < -0.39 is 11.6 Å². The van der Waals surface area contributed by atoms with Crippen molar-refractivity contribution >= 4 is 17.3 Å². The van der Waals surface area contributed by atoms with Crippen molar-refractivity contribution in [1.82, 2.24) is 0 Å². The molecule has 0 aromatic heterocycles. The smallest absolute Gasteiger partial charge is 0.226 e. The van der Waals surface area contributed by atoms with Gasteiger partial charge < -0.3 is 20.1 Å². The van der Waals surface area contributed by atoms with Crippen molar-refractivity contribution in [2.75, 3.05) is 31.4 Å². The van der Waals surface area contributed by atoms with E-state index in [0.717, 1.165) is 12.1 Å². The van der Waals surface area contributed by atoms with Crippen LogP contribution in [0, 0.1) is 11.6 Å². The minimum Gasteiger partial charge on any atom is -0.493 e. The number of benzene rings is 2. The summed E-state index contributed by atoms with van der Waals surface area (Å²) in [6.45, 7) is 0.0942. The van der Waals surface area contributed by atoms with Crippen molar-refractivity contribution < 1.29 is 23.0 Å². The Labute approximate surface area is 138 Å². The van der Waals surface area contributed by atoms with Crippen LogP contribution in [0.15, 0.2) is 36.4 Å². The van der Waals surface area contributed by atoms with Gasteiger partial charge in [0.05, 0.1) is 14.2 Å². The van der Waals surface area contributed by atoms with Crippen molar-refractivity contribution in [3.8, 4) is 11.5 Å². The van der Waals surface area contributed by atoms with Gasteiger partial charge in [0.1, 0.15) is 17.3 Å². The SMILES string of the molecule is COc1ccc(NC(=O)CCNc2c(F)cccc2F)cc1OC. The Bertz CT molecular complexity index is 703. The minimum atomic E-state index is -0.699. The number of hydrogen-bond acceptors (Lipinski definition) is 4. The number of carbonyl (C=O) groups is 1. The molecule has 7 heteroatoms. The number of anilines is 2. The molecule has 0 saturated heterocycles. The Kier molecular flexibility index (Phi) is 5.95. The molecule has 2 aromatic rings. The molecule has 0 saturated carbocycles. The molecule has 0 aliphatic rings. The average molecular weight is 336 g/mol. The van der Waals surface area contributed by atoms with Gasteiger partial charge in [0, 0.05) is 24.7 Å². The van der Waals surface area contributed by atoms with Gasteiger partial charge in [-0.2, -0.15) is 0 Å². The van der Waals surface area contributed by atoms with Crippen LogP contribution in [0.4, 0.5) is 20.2 Å². The standard InChI is InChI=1S/C17H18F2N2O3/c1-23-14-7-6-11(10-15(14)24-2)21-16(22)8-9-20-17-12(18)4-3-5-13(17)19/h3-7,10,20H,8-9H2,1-2H3,(H,21,22). The molecular weight excluding hydrogens is 318 g/mol. The van der Waals surface area contributed by atoms with Gasteiger partial charge in [-0.1, -0.05) is 6.07 Å². The quantitative estimate of drug-likeness (QED) is 0.813. The number of ether oxygens (including phenoxy) is 2. The first-order valence-electron chi connectivity index (χ1n) is 7.25. The second-order valence-corrected chi connectivity index (χ2v) is 4.89. The molecule has 0 fully saturated rings. The lowest BCUT2D eigenvalue weighted by Crippen LogP contribution is -2.17. The second kappa shape index (κ2) is 8.14. The highest BCUT2D eigenvalue weighted by atomic mass is 19.1. The monoisotopic (exact) mass is 336 g/mol. The van der Waals surface area contributed by atoms with Gasteiger partial charge in [0.15, 0.2) is 11.5 Å². The highest BCUT2D eigenvalue weighted by Gasteiger charge is 2.10. The summed E-state index contributed by atoms with van der Waals surface area (Å²) in [6, 6.07) is 8.54. The fraction of sp³-hybridized carbons (Fsp3) is 0.235. The summed E-state index contributed by atoms with van der Waals surface area (Å²) < 4.78 is 37.2. The highest BCUT2D eigenvalue weighted by molar-refractivity contribution is 5.91. The molecule has 24 heavy (non-hydrogen) atoms. The van der Waals surface area contributed by atoms with Crippen LogP contribution in [0.3, 0.4) is 0 Å². The first-order valence-corrected chi connectivity index (χ1v) is 7.25. The van der Waals surface area contributed by atoms with E-state index in [0.29, 0.717) is 17.2 Å². The van der Waals surface area contributed by atoms with E-state index in [2.05, 4.69) is 10.6 Å². The lowest BCUT2D eigenvalue weighted by atomic mass is 10.2. The number of halogens is 2. The van der Waals surface area contributed by atoms with Crippen LogP contribution in [-0.2, 0) is 4.79 Å². The fourth-order valence-corrected chi connectivity index (χ4v) is 2.11. The van der Waals surface area contributed by atoms with Gasteiger partial charge in [0.2, 0.25) is 5.91 Å². The molecule has 2 rings (SSSR count). The first-order chi connectivity index (χ1) is 11.5. The van der Waals surface area contributed by atoms with Gasteiger partial charge >= 0.3 is 0 Å². The topological polar surface area (TPSA) is 59.6 Å². The van der Waals surface area contributed by atoms with E-state index in [1.165, 1.54) is 20.3 Å². The normalized spacial score (nSPS) is 10.2. The molecule has 0 unspecified atom stereocenters. The maximum atomic E-state index is 13.4. The van der Waals surface area contributed by atoms with Gasteiger partial charge in [-0.05, 0) is 24.3 Å². The Hall–Kier alpha value is -2.83. The Morgan fingerprint density at radius 1 is 1.04 bits per heavy atom. The molecule has 0 atom stereocenters. The predicted molar refractivity (Wildman–Crippen MR) is 87.6 cm³/mol. The zero-order chi connectivity index (χ0) is 17.5. The Morgan fingerprint density at radius 2 is 1.71 bits per heavy atom. The van der Waals surface area contributed by atoms with E-state index in [1.54, 1.807) is 18.2 Å². The van der Waals surface area contributed by atoms with E-state index >= 15 is 0 Å². The number of amides is 1. The van der Waals surface area contributed by atoms with Gasteiger partial charge in [-0.3, -0.25) is 4.79 Å². The van der Waals surface area contributed by atoms with Crippen LogP contribution in [0.1, 0.15) is 6.42 Å². The number of nitrogens with one attached hydrogen (secondary N) is 2. The predicted octanol–water partition coefficient (Wildman–Crippen LogP) is 3.42. The molecule has 0 bridgehead atoms. The lowest BCUT2D eigenvalue weighted by molar-refractivity contribution is -0.115. The van der Waals surface area contributed by atoms with Crippen molar-refractivity contribution in [3.05, 3.63) is 48.0 Å². The molecule has 1 amide bonds. The number of carbonyl (C=O) groups excluding carboxylic acids is 1. The third kappa shape index (κ3) is 4.34. The molecule has 5 nitrogen and oxygen atoms in total. The van der Waals surface area contributed by atoms with E-state index in [4.69, 9.17) is 9.47 Å². The molecule has 0 heterocycles. The van der Waals surface area contributed by atoms with E-state index in [-0.39, 0.29) is 24.6 Å². The van der Waals surface area contributed by atoms with Crippen LogP contribution in [0.2, 0.25) is 0 Å². The zero-order valence-corrected chi connectivity index (χ0v) is 13.4. The van der Waals surface area contributed by atoms with Crippen LogP contribution in [0.25, 0.3) is 0 Å². The maximum Gasteiger partial charge on any atom is 0.226 e. The lowest BCUT2D eigenvalue weighted by Gasteiger charge is -2.11. The largest absolute Gasteiger partial charge is 0.493 e. The number of methoxy groups -OCH3 is 2. The number of para-hydroxylation sites is 1. The molecule has 2 aromatic carbocycles. The van der Waals surface area contributed by atoms with Gasteiger partial charge in [-0.25, -0.2) is 8.78 Å². The average Bonchev–Trinajstić information content (AvgIpc) is 2.57. The number of hydrogen-bond donors (Lipinski definition) is 2. The summed E-state index contributed by atoms with van der Waals surface area (Å²) >= 11 is 0. The molecule has 0 spiro atoms. The molecule has 0 aliphatic heterocycles. The van der Waals surface area contributed by atoms with Crippen LogP contribution < -0.4 is 20.1 Å². The molecular formula is C17H18F2N2O3. The van der Waals surface area contributed by atoms with Gasteiger partial charge in [0.25, 0.3) is 0 Å². The molecule has 0 aliphatic carbocycles. The molecule has 0 radical (unpaired) electrons. The maximum absolute atomic E-state index is 13.4. The van der Waals surface area contributed by atoms with Crippen molar-refractivity contribution in [2.45, 2.75) is 6.42 Å². The number of rotatable bonds is 7. The third-order valence-electron chi connectivity index (χ3n) is 3.28. The summed E-state index contributed by atoms with van der Waals surface area (Å²) in [5.41, 5.74) is 0.297. The summed E-state index contributed by atoms with van der Waals surface area (Å²) in [5, 5.41) is 5.26. The summed E-state index contributed by atoms with van der Waals surface area (Å²) in [4.78, 5) is 11.9. The van der Waals surface area contributed by atoms with E-state index in [1.807, 2.05) is 0 Å². The Morgan fingerprint density at radius 3 is 2.33 bits per heavy atom. The Balaban J connectivity index is 1.90. The third-order valence-corrected chi connectivity index (χ3v) is 3.28. The summed E-state index contributed by atoms with van der Waals surface area (Å²) in [6.07, 6.45) is 0.0438. The van der Waals surface area contributed by atoms with Crippen molar-refractivity contribution in [2.24, 2.45) is 0 Å². The summed E-state index contributed by atoms with van der Waals surface area (Å²) in [5.74, 6) is -0.661. The minimum absolute atomic E-state index is 0.0438. The van der Waals surface area contributed by atoms with Gasteiger partial charge in [-0.15, -0.1) is 0 Å². The first kappa shape index (κ1) is 17.5. The highest BCUT2D eigenvalue weighted by Crippen LogP contribution is 2.29. The molecule has 2 N–H and O–H groups in total. The van der Waals surface area contributed by atoms with Crippen molar-refractivity contribution in [1.29, 1.82) is 0 Å². The zero-order valence-electron chi connectivity index (χ0n) is 13.4. The van der Waals surface area contributed by atoms with Crippen LogP contribution in [0.5, 0.6) is 11.5 Å². The van der Waals surface area contributed by atoms with E-state index in [9.17, 15) is 13.6 Å².